The third-order valence-corrected chi connectivity index (χ3v) is 3.19. The third-order valence-electron chi connectivity index (χ3n) is 2.08. The molecule has 1 aromatic carbocycles. The van der Waals surface area contributed by atoms with Gasteiger partial charge in [-0.25, -0.2) is 0 Å². The van der Waals surface area contributed by atoms with Gasteiger partial charge in [0.1, 0.15) is 11.0 Å². The molecule has 0 unspecified atom stereocenters. The number of nitrogens with one attached hydrogen (secondary N) is 1. The van der Waals surface area contributed by atoms with Crippen LogP contribution in [0.5, 0.6) is 0 Å². The van der Waals surface area contributed by atoms with Crippen molar-refractivity contribution in [2.75, 3.05) is 11.9 Å². The predicted octanol–water partition coefficient (Wildman–Crippen LogP) is 2.29. The Labute approximate surface area is 111 Å². The van der Waals surface area contributed by atoms with Crippen LogP contribution in [-0.2, 0) is 4.79 Å². The summed E-state index contributed by atoms with van der Waals surface area (Å²) < 4.78 is 8.11. The first-order valence-corrected chi connectivity index (χ1v) is 6.22. The van der Waals surface area contributed by atoms with E-state index in [0.29, 0.717) is 26.8 Å². The number of carbonyl (C=O) groups excluding carboxylic acids is 1. The molecule has 1 aromatic heterocycles. The van der Waals surface area contributed by atoms with E-state index in [9.17, 15) is 4.79 Å². The average Bonchev–Trinajstić information content (AvgIpc) is 2.73. The van der Waals surface area contributed by atoms with E-state index >= 15 is 0 Å². The van der Waals surface area contributed by atoms with Gasteiger partial charge in [-0.2, -0.15) is 8.75 Å². The minimum absolute atomic E-state index is 0.217. The van der Waals surface area contributed by atoms with E-state index in [2.05, 4.69) is 14.1 Å². The van der Waals surface area contributed by atoms with Gasteiger partial charge in [0, 0.05) is 13.0 Å². The van der Waals surface area contributed by atoms with Crippen molar-refractivity contribution in [1.29, 1.82) is 0 Å². The van der Waals surface area contributed by atoms with Crippen molar-refractivity contribution >= 4 is 57.6 Å². The Morgan fingerprint density at radius 2 is 2.06 bits per heavy atom. The average molecular weight is 291 g/mol. The number of halogens is 2. The van der Waals surface area contributed by atoms with Crippen molar-refractivity contribution in [1.82, 2.24) is 8.75 Å². The third kappa shape index (κ3) is 2.50. The fraction of sp³-hybridized carbons (Fsp3) is 0.222. The summed E-state index contributed by atoms with van der Waals surface area (Å²) in [7, 11) is 0. The van der Waals surface area contributed by atoms with Crippen molar-refractivity contribution in [3.8, 4) is 0 Å². The molecule has 0 atom stereocenters. The van der Waals surface area contributed by atoms with Gasteiger partial charge in [-0.05, 0) is 6.07 Å². The summed E-state index contributed by atoms with van der Waals surface area (Å²) >= 11 is 13.0. The van der Waals surface area contributed by atoms with Crippen LogP contribution in [0.1, 0.15) is 6.42 Å². The summed E-state index contributed by atoms with van der Waals surface area (Å²) in [5.74, 6) is -0.217. The quantitative estimate of drug-likeness (QED) is 0.909. The first-order chi connectivity index (χ1) is 8.13. The molecule has 2 aromatic rings. The molecule has 0 aliphatic heterocycles. The van der Waals surface area contributed by atoms with Crippen molar-refractivity contribution in [3.05, 3.63) is 16.1 Å². The predicted molar refractivity (Wildman–Crippen MR) is 69.7 cm³/mol. The number of amides is 1. The molecule has 2 rings (SSSR count). The minimum Gasteiger partial charge on any atom is -0.330 e. The van der Waals surface area contributed by atoms with E-state index in [1.54, 1.807) is 0 Å². The lowest BCUT2D eigenvalue weighted by atomic mass is 10.2. The zero-order chi connectivity index (χ0) is 12.4. The van der Waals surface area contributed by atoms with Crippen LogP contribution < -0.4 is 11.1 Å². The summed E-state index contributed by atoms with van der Waals surface area (Å²) in [4.78, 5) is 11.5. The lowest BCUT2D eigenvalue weighted by Crippen LogP contribution is -2.16. The van der Waals surface area contributed by atoms with Crippen LogP contribution in [0.2, 0.25) is 10.0 Å². The van der Waals surface area contributed by atoms with Gasteiger partial charge >= 0.3 is 0 Å². The van der Waals surface area contributed by atoms with Gasteiger partial charge in [0.25, 0.3) is 0 Å². The molecule has 0 spiro atoms. The standard InChI is InChI=1S/C9H8Cl2N4OS/c10-4-3-5(11)8-9(15-17-14-8)7(4)13-6(16)1-2-12/h3H,1-2,12H2,(H,13,16). The van der Waals surface area contributed by atoms with Gasteiger partial charge in [-0.15, -0.1) is 0 Å². The van der Waals surface area contributed by atoms with Crippen molar-refractivity contribution < 1.29 is 4.79 Å². The minimum atomic E-state index is -0.217. The van der Waals surface area contributed by atoms with Crippen LogP contribution >= 0.6 is 34.9 Å². The molecular weight excluding hydrogens is 283 g/mol. The van der Waals surface area contributed by atoms with Crippen molar-refractivity contribution in [2.24, 2.45) is 5.73 Å². The SMILES string of the molecule is NCCC(=O)Nc1c(Cl)cc(Cl)c2nsnc12. The Morgan fingerprint density at radius 1 is 1.35 bits per heavy atom. The molecular formula is C9H8Cl2N4OS. The van der Waals surface area contributed by atoms with E-state index in [1.807, 2.05) is 0 Å². The van der Waals surface area contributed by atoms with Gasteiger partial charge in [-0.1, -0.05) is 23.2 Å². The molecule has 0 aliphatic rings. The second kappa shape index (κ2) is 5.14. The molecule has 0 bridgehead atoms. The number of carbonyl (C=O) groups is 1. The summed E-state index contributed by atoms with van der Waals surface area (Å²) in [6, 6.07) is 1.53. The number of anilines is 1. The first kappa shape index (κ1) is 12.5. The smallest absolute Gasteiger partial charge is 0.225 e. The Balaban J connectivity index is 2.45. The van der Waals surface area contributed by atoms with E-state index < -0.39 is 0 Å². The largest absolute Gasteiger partial charge is 0.330 e. The number of hydrogen-bond donors (Lipinski definition) is 2. The van der Waals surface area contributed by atoms with Gasteiger partial charge < -0.3 is 11.1 Å². The highest BCUT2D eigenvalue weighted by atomic mass is 35.5. The molecule has 8 heteroatoms. The van der Waals surface area contributed by atoms with Gasteiger partial charge in [-0.3, -0.25) is 4.79 Å². The van der Waals surface area contributed by atoms with Crippen LogP contribution in [-0.4, -0.2) is 21.2 Å². The highest BCUT2D eigenvalue weighted by Crippen LogP contribution is 2.35. The zero-order valence-electron chi connectivity index (χ0n) is 8.54. The second-order valence-corrected chi connectivity index (χ2v) is 4.61. The summed E-state index contributed by atoms with van der Waals surface area (Å²) in [5.41, 5.74) is 6.76. The van der Waals surface area contributed by atoms with E-state index in [0.717, 1.165) is 11.7 Å². The fourth-order valence-electron chi connectivity index (χ4n) is 1.33. The molecule has 0 saturated heterocycles. The number of nitrogens with zero attached hydrogens (tertiary/aromatic N) is 2. The number of rotatable bonds is 3. The van der Waals surface area contributed by atoms with Crippen LogP contribution in [0.15, 0.2) is 6.07 Å². The van der Waals surface area contributed by atoms with Gasteiger partial charge in [0.05, 0.1) is 27.5 Å². The van der Waals surface area contributed by atoms with E-state index in [4.69, 9.17) is 28.9 Å². The Kier molecular flexibility index (Phi) is 3.78. The maximum Gasteiger partial charge on any atom is 0.225 e. The second-order valence-electron chi connectivity index (χ2n) is 3.26. The highest BCUT2D eigenvalue weighted by Gasteiger charge is 2.15. The number of hydrogen-bond acceptors (Lipinski definition) is 5. The monoisotopic (exact) mass is 290 g/mol. The van der Waals surface area contributed by atoms with E-state index in [1.165, 1.54) is 6.07 Å². The molecule has 1 heterocycles. The van der Waals surface area contributed by atoms with Crippen molar-refractivity contribution in [3.63, 3.8) is 0 Å². The lowest BCUT2D eigenvalue weighted by Gasteiger charge is -2.07. The van der Waals surface area contributed by atoms with Crippen LogP contribution in [0.4, 0.5) is 5.69 Å². The lowest BCUT2D eigenvalue weighted by molar-refractivity contribution is -0.116. The Bertz CT molecular complexity index is 571. The van der Waals surface area contributed by atoms with Crippen LogP contribution in [0.3, 0.4) is 0 Å². The Morgan fingerprint density at radius 3 is 2.76 bits per heavy atom. The number of benzene rings is 1. The summed E-state index contributed by atoms with van der Waals surface area (Å²) in [6.45, 7) is 0.273. The normalized spacial score (nSPS) is 10.8. The molecule has 0 radical (unpaired) electrons. The number of nitrogens with two attached hydrogens (primary N) is 1. The molecule has 90 valence electrons. The molecule has 0 saturated carbocycles. The maximum atomic E-state index is 11.5. The fourth-order valence-corrected chi connectivity index (χ4v) is 2.49. The molecule has 0 fully saturated rings. The van der Waals surface area contributed by atoms with Crippen LogP contribution in [0, 0.1) is 0 Å². The molecule has 3 N–H and O–H groups in total. The van der Waals surface area contributed by atoms with Crippen LogP contribution in [0.25, 0.3) is 11.0 Å². The molecule has 1 amide bonds. The zero-order valence-corrected chi connectivity index (χ0v) is 10.9. The Hall–Kier alpha value is -0.950. The summed E-state index contributed by atoms with van der Waals surface area (Å²) in [5, 5.41) is 3.41. The molecule has 5 nitrogen and oxygen atoms in total. The number of fused-ring (bicyclic) bond motifs is 1. The maximum absolute atomic E-state index is 11.5. The topological polar surface area (TPSA) is 80.9 Å². The summed E-state index contributed by atoms with van der Waals surface area (Å²) in [6.07, 6.45) is 0.220. The first-order valence-electron chi connectivity index (χ1n) is 4.73. The highest BCUT2D eigenvalue weighted by molar-refractivity contribution is 7.00. The van der Waals surface area contributed by atoms with Crippen molar-refractivity contribution in [2.45, 2.75) is 6.42 Å². The number of aromatic nitrogens is 2. The molecule has 17 heavy (non-hydrogen) atoms. The van der Waals surface area contributed by atoms with Gasteiger partial charge in [0.2, 0.25) is 5.91 Å². The molecule has 0 aliphatic carbocycles. The van der Waals surface area contributed by atoms with Gasteiger partial charge in [0.15, 0.2) is 0 Å². The van der Waals surface area contributed by atoms with E-state index in [-0.39, 0.29) is 18.9 Å².